The Balaban J connectivity index is 2.40. The van der Waals surface area contributed by atoms with Gasteiger partial charge in [-0.1, -0.05) is 12.1 Å². The van der Waals surface area contributed by atoms with Crippen LogP contribution in [0, 0.1) is 5.82 Å². The Morgan fingerprint density at radius 2 is 1.62 bits per heavy atom. The molecule has 0 unspecified atom stereocenters. The highest BCUT2D eigenvalue weighted by Gasteiger charge is 2.12. The highest BCUT2D eigenvalue weighted by molar-refractivity contribution is 7.80. The quantitative estimate of drug-likeness (QED) is 0.620. The van der Waals surface area contributed by atoms with E-state index < -0.39 is 5.82 Å². The number of hydrogen-bond acceptors (Lipinski definition) is 2. The zero-order valence-corrected chi connectivity index (χ0v) is 9.25. The molecule has 0 spiro atoms. The number of ketones is 1. The zero-order chi connectivity index (χ0) is 11.5. The minimum Gasteiger partial charge on any atom is -0.288 e. The summed E-state index contributed by atoms with van der Waals surface area (Å²) in [5, 5.41) is 0. The van der Waals surface area contributed by atoms with E-state index in [1.165, 1.54) is 12.1 Å². The molecule has 0 heterocycles. The van der Waals surface area contributed by atoms with Crippen molar-refractivity contribution in [1.82, 2.24) is 0 Å². The van der Waals surface area contributed by atoms with Gasteiger partial charge in [0.1, 0.15) is 5.82 Å². The van der Waals surface area contributed by atoms with Crippen molar-refractivity contribution in [1.29, 1.82) is 0 Å². The van der Waals surface area contributed by atoms with Gasteiger partial charge in [-0.2, -0.15) is 0 Å². The maximum atomic E-state index is 13.4. The van der Waals surface area contributed by atoms with Crippen molar-refractivity contribution < 1.29 is 9.18 Å². The van der Waals surface area contributed by atoms with E-state index in [0.29, 0.717) is 5.56 Å². The van der Waals surface area contributed by atoms with Crippen LogP contribution < -0.4 is 0 Å². The van der Waals surface area contributed by atoms with Crippen LogP contribution in [0.1, 0.15) is 15.9 Å². The third-order valence-electron chi connectivity index (χ3n) is 2.25. The summed E-state index contributed by atoms with van der Waals surface area (Å²) in [7, 11) is 0. The molecule has 0 N–H and O–H groups in total. The fourth-order valence-electron chi connectivity index (χ4n) is 1.41. The summed E-state index contributed by atoms with van der Waals surface area (Å²) in [5.74, 6) is -0.811. The minimum atomic E-state index is -0.498. The van der Waals surface area contributed by atoms with Gasteiger partial charge < -0.3 is 0 Å². The van der Waals surface area contributed by atoms with E-state index in [1.54, 1.807) is 36.4 Å². The summed E-state index contributed by atoms with van der Waals surface area (Å²) in [4.78, 5) is 12.7. The van der Waals surface area contributed by atoms with Gasteiger partial charge in [-0.3, -0.25) is 4.79 Å². The number of thiol groups is 1. The summed E-state index contributed by atoms with van der Waals surface area (Å²) in [5.41, 5.74) is 0.553. The first-order chi connectivity index (χ1) is 7.68. The third kappa shape index (κ3) is 2.14. The van der Waals surface area contributed by atoms with Crippen molar-refractivity contribution in [3.8, 4) is 0 Å². The van der Waals surface area contributed by atoms with Crippen molar-refractivity contribution in [2.45, 2.75) is 4.90 Å². The van der Waals surface area contributed by atoms with Gasteiger partial charge in [0, 0.05) is 10.5 Å². The van der Waals surface area contributed by atoms with E-state index in [9.17, 15) is 9.18 Å². The lowest BCUT2D eigenvalue weighted by molar-refractivity contribution is 0.103. The van der Waals surface area contributed by atoms with Gasteiger partial charge >= 0.3 is 0 Å². The van der Waals surface area contributed by atoms with E-state index in [2.05, 4.69) is 12.6 Å². The first kappa shape index (κ1) is 10.9. The standard InChI is InChI=1S/C13H9FOS/c14-12-4-2-1-3-11(12)13(15)9-5-7-10(16)8-6-9/h1-8,16H. The molecule has 0 aliphatic rings. The van der Waals surface area contributed by atoms with Gasteiger partial charge in [0.25, 0.3) is 0 Å². The molecule has 16 heavy (non-hydrogen) atoms. The van der Waals surface area contributed by atoms with Crippen LogP contribution in [0.3, 0.4) is 0 Å². The van der Waals surface area contributed by atoms with E-state index in [1.807, 2.05) is 0 Å². The predicted molar refractivity (Wildman–Crippen MR) is 63.5 cm³/mol. The highest BCUT2D eigenvalue weighted by Crippen LogP contribution is 2.15. The van der Waals surface area contributed by atoms with Gasteiger partial charge in [0.05, 0.1) is 5.56 Å². The molecule has 0 radical (unpaired) electrons. The van der Waals surface area contributed by atoms with Crippen LogP contribution in [0.15, 0.2) is 53.4 Å². The molecule has 0 aromatic heterocycles. The number of hydrogen-bond donors (Lipinski definition) is 1. The van der Waals surface area contributed by atoms with Gasteiger partial charge in [-0.05, 0) is 36.4 Å². The summed E-state index contributed by atoms with van der Waals surface area (Å²) >= 11 is 4.12. The monoisotopic (exact) mass is 232 g/mol. The molecule has 3 heteroatoms. The largest absolute Gasteiger partial charge is 0.288 e. The molecule has 2 rings (SSSR count). The lowest BCUT2D eigenvalue weighted by Crippen LogP contribution is -2.03. The lowest BCUT2D eigenvalue weighted by atomic mass is 10.0. The Morgan fingerprint density at radius 1 is 1.00 bits per heavy atom. The summed E-state index contributed by atoms with van der Waals surface area (Å²) in [6, 6.07) is 12.6. The molecule has 0 aliphatic heterocycles. The third-order valence-corrected chi connectivity index (χ3v) is 2.55. The summed E-state index contributed by atoms with van der Waals surface area (Å²) in [6.07, 6.45) is 0. The first-order valence-corrected chi connectivity index (χ1v) is 5.21. The van der Waals surface area contributed by atoms with Gasteiger partial charge in [-0.15, -0.1) is 12.6 Å². The normalized spacial score (nSPS) is 10.1. The second-order valence-electron chi connectivity index (χ2n) is 3.36. The zero-order valence-electron chi connectivity index (χ0n) is 8.35. The smallest absolute Gasteiger partial charge is 0.195 e. The Bertz CT molecular complexity index is 520. The van der Waals surface area contributed by atoms with Crippen LogP contribution in [-0.2, 0) is 0 Å². The molecule has 2 aromatic rings. The van der Waals surface area contributed by atoms with Gasteiger partial charge in [-0.25, -0.2) is 4.39 Å². The molecule has 80 valence electrons. The van der Waals surface area contributed by atoms with Crippen molar-refractivity contribution in [3.05, 3.63) is 65.5 Å². The van der Waals surface area contributed by atoms with E-state index in [-0.39, 0.29) is 11.3 Å². The maximum Gasteiger partial charge on any atom is 0.195 e. The highest BCUT2D eigenvalue weighted by atomic mass is 32.1. The van der Waals surface area contributed by atoms with E-state index in [4.69, 9.17) is 0 Å². The lowest BCUT2D eigenvalue weighted by Gasteiger charge is -2.02. The molecular formula is C13H9FOS. The second-order valence-corrected chi connectivity index (χ2v) is 3.87. The Morgan fingerprint density at radius 3 is 2.25 bits per heavy atom. The fraction of sp³-hybridized carbons (Fsp3) is 0. The molecule has 0 bridgehead atoms. The topological polar surface area (TPSA) is 17.1 Å². The van der Waals surface area contributed by atoms with Crippen LogP contribution in [0.4, 0.5) is 4.39 Å². The van der Waals surface area contributed by atoms with Crippen LogP contribution in [0.5, 0.6) is 0 Å². The molecule has 0 amide bonds. The number of benzene rings is 2. The van der Waals surface area contributed by atoms with E-state index >= 15 is 0 Å². The summed E-state index contributed by atoms with van der Waals surface area (Å²) in [6.45, 7) is 0. The summed E-state index contributed by atoms with van der Waals surface area (Å²) < 4.78 is 13.4. The van der Waals surface area contributed by atoms with Crippen molar-refractivity contribution >= 4 is 18.4 Å². The fourth-order valence-corrected chi connectivity index (χ4v) is 1.56. The van der Waals surface area contributed by atoms with Gasteiger partial charge in [0.15, 0.2) is 5.78 Å². The number of carbonyl (C=O) groups excluding carboxylic acids is 1. The number of halogens is 1. The Hall–Kier alpha value is -1.61. The molecule has 0 saturated heterocycles. The van der Waals surface area contributed by atoms with Crippen molar-refractivity contribution in [2.75, 3.05) is 0 Å². The molecule has 0 fully saturated rings. The number of carbonyl (C=O) groups is 1. The second kappa shape index (κ2) is 4.49. The molecule has 1 nitrogen and oxygen atoms in total. The first-order valence-electron chi connectivity index (χ1n) is 4.77. The number of rotatable bonds is 2. The molecule has 0 saturated carbocycles. The SMILES string of the molecule is O=C(c1ccc(S)cc1)c1ccccc1F. The molecule has 0 aliphatic carbocycles. The van der Waals surface area contributed by atoms with E-state index in [0.717, 1.165) is 4.90 Å². The van der Waals surface area contributed by atoms with Crippen molar-refractivity contribution in [3.63, 3.8) is 0 Å². The molecular weight excluding hydrogens is 223 g/mol. The van der Waals surface area contributed by atoms with Crippen LogP contribution in [0.2, 0.25) is 0 Å². The minimum absolute atomic E-state index is 0.0921. The Kier molecular flexibility index (Phi) is 3.06. The van der Waals surface area contributed by atoms with Crippen LogP contribution >= 0.6 is 12.6 Å². The van der Waals surface area contributed by atoms with Crippen LogP contribution in [-0.4, -0.2) is 5.78 Å². The maximum absolute atomic E-state index is 13.4. The Labute approximate surface area is 98.3 Å². The van der Waals surface area contributed by atoms with Crippen molar-refractivity contribution in [2.24, 2.45) is 0 Å². The molecule has 0 atom stereocenters. The average molecular weight is 232 g/mol. The average Bonchev–Trinajstić information content (AvgIpc) is 2.30. The van der Waals surface area contributed by atoms with Crippen LogP contribution in [0.25, 0.3) is 0 Å². The predicted octanol–water partition coefficient (Wildman–Crippen LogP) is 3.35. The van der Waals surface area contributed by atoms with Gasteiger partial charge in [0.2, 0.25) is 0 Å². The molecule has 2 aromatic carbocycles.